The molecule has 0 radical (unpaired) electrons. The topological polar surface area (TPSA) is 111 Å². The van der Waals surface area contributed by atoms with Crippen LogP contribution in [0.25, 0.3) is 0 Å². The van der Waals surface area contributed by atoms with Gasteiger partial charge in [0.25, 0.3) is 0 Å². The molecule has 0 aliphatic heterocycles. The van der Waals surface area contributed by atoms with Crippen molar-refractivity contribution in [3.8, 4) is 0 Å². The van der Waals surface area contributed by atoms with E-state index in [1.165, 1.54) is 0 Å². The third kappa shape index (κ3) is 4.00. The van der Waals surface area contributed by atoms with Crippen LogP contribution in [-0.4, -0.2) is 47.8 Å². The van der Waals surface area contributed by atoms with E-state index in [-0.39, 0.29) is 17.7 Å². The number of thioether (sulfide) groups is 1. The fourth-order valence-corrected chi connectivity index (χ4v) is 2.93. The molecule has 1 heterocycles. The Balaban J connectivity index is 2.85. The summed E-state index contributed by atoms with van der Waals surface area (Å²) in [6.07, 6.45) is 1.60. The minimum atomic E-state index is -0.967. The van der Waals surface area contributed by atoms with E-state index in [9.17, 15) is 9.00 Å². The second kappa shape index (κ2) is 6.01. The predicted molar refractivity (Wildman–Crippen MR) is 66.4 cm³/mol. The first-order chi connectivity index (χ1) is 7.91. The molecule has 0 bridgehead atoms. The van der Waals surface area contributed by atoms with Gasteiger partial charge in [0.05, 0.1) is 5.75 Å². The second-order valence-corrected chi connectivity index (χ2v) is 5.90. The molecule has 1 aromatic heterocycles. The summed E-state index contributed by atoms with van der Waals surface area (Å²) in [5.41, 5.74) is 5.65. The van der Waals surface area contributed by atoms with Crippen LogP contribution in [0.15, 0.2) is 5.16 Å². The molecule has 2 unspecified atom stereocenters. The third-order valence-electron chi connectivity index (χ3n) is 1.93. The molecule has 1 aromatic rings. The fraction of sp³-hybridized carbons (Fsp3) is 0.625. The first-order valence-electron chi connectivity index (χ1n) is 4.76. The quantitative estimate of drug-likeness (QED) is 0.703. The van der Waals surface area contributed by atoms with Crippen LogP contribution in [-0.2, 0) is 15.6 Å². The molecule has 1 rings (SSSR count). The summed E-state index contributed by atoms with van der Waals surface area (Å²) in [6, 6.07) is -0.132. The van der Waals surface area contributed by atoms with Gasteiger partial charge in [0.2, 0.25) is 5.95 Å². The number of carbonyl (C=O) groups is 1. The minimum absolute atomic E-state index is 0.111. The first-order valence-corrected chi connectivity index (χ1v) is 7.48. The van der Waals surface area contributed by atoms with E-state index in [1.54, 1.807) is 10.8 Å². The number of nitrogens with zero attached hydrogens (tertiary/aromatic N) is 3. The van der Waals surface area contributed by atoms with Crippen molar-refractivity contribution >= 4 is 34.5 Å². The van der Waals surface area contributed by atoms with Gasteiger partial charge in [-0.25, -0.2) is 0 Å². The SMILES string of the molecule is CC(CS(C)=O)n1c(N)nnc1SCC(=O)O. The van der Waals surface area contributed by atoms with E-state index in [0.717, 1.165) is 11.8 Å². The molecule has 96 valence electrons. The maximum Gasteiger partial charge on any atom is 0.313 e. The average Bonchev–Trinajstić information content (AvgIpc) is 2.55. The van der Waals surface area contributed by atoms with Crippen molar-refractivity contribution < 1.29 is 14.1 Å². The first kappa shape index (κ1) is 14.0. The predicted octanol–water partition coefficient (Wildman–Crippen LogP) is -0.0235. The van der Waals surface area contributed by atoms with Crippen molar-refractivity contribution in [2.24, 2.45) is 0 Å². The molecule has 0 aromatic carbocycles. The Morgan fingerprint density at radius 1 is 1.65 bits per heavy atom. The van der Waals surface area contributed by atoms with Gasteiger partial charge in [-0.3, -0.25) is 13.6 Å². The molecule has 7 nitrogen and oxygen atoms in total. The Hall–Kier alpha value is -1.09. The number of rotatable bonds is 6. The number of carboxylic acid groups (broad SMARTS) is 1. The summed E-state index contributed by atoms with van der Waals surface area (Å²) < 4.78 is 12.8. The molecule has 17 heavy (non-hydrogen) atoms. The lowest BCUT2D eigenvalue weighted by atomic mass is 10.4. The van der Waals surface area contributed by atoms with E-state index in [4.69, 9.17) is 10.8 Å². The highest BCUT2D eigenvalue weighted by Gasteiger charge is 2.17. The number of carboxylic acids is 1. The highest BCUT2D eigenvalue weighted by atomic mass is 32.2. The van der Waals surface area contributed by atoms with E-state index in [1.807, 2.05) is 6.92 Å². The van der Waals surface area contributed by atoms with Crippen molar-refractivity contribution in [1.82, 2.24) is 14.8 Å². The van der Waals surface area contributed by atoms with Crippen LogP contribution < -0.4 is 5.73 Å². The molecule has 9 heteroatoms. The molecule has 0 saturated heterocycles. The monoisotopic (exact) mass is 278 g/mol. The Morgan fingerprint density at radius 2 is 2.29 bits per heavy atom. The average molecular weight is 278 g/mol. The zero-order chi connectivity index (χ0) is 13.0. The lowest BCUT2D eigenvalue weighted by Crippen LogP contribution is -2.16. The Bertz CT molecular complexity index is 434. The van der Waals surface area contributed by atoms with Crippen LogP contribution in [0, 0.1) is 0 Å². The minimum Gasteiger partial charge on any atom is -0.481 e. The molecule has 0 amide bonds. The van der Waals surface area contributed by atoms with E-state index >= 15 is 0 Å². The Kier molecular flexibility index (Phi) is 4.94. The molecule has 3 N–H and O–H groups in total. The summed E-state index contributed by atoms with van der Waals surface area (Å²) >= 11 is 1.04. The highest BCUT2D eigenvalue weighted by molar-refractivity contribution is 7.99. The second-order valence-electron chi connectivity index (χ2n) is 3.48. The zero-order valence-corrected chi connectivity index (χ0v) is 11.1. The van der Waals surface area contributed by atoms with Crippen molar-refractivity contribution in [2.45, 2.75) is 18.1 Å². The molecule has 0 saturated carbocycles. The molecule has 0 aliphatic rings. The molecular weight excluding hydrogens is 264 g/mol. The van der Waals surface area contributed by atoms with Gasteiger partial charge in [-0.15, -0.1) is 10.2 Å². The van der Waals surface area contributed by atoms with Gasteiger partial charge in [-0.2, -0.15) is 0 Å². The van der Waals surface area contributed by atoms with Crippen LogP contribution in [0.5, 0.6) is 0 Å². The van der Waals surface area contributed by atoms with Gasteiger partial charge >= 0.3 is 5.97 Å². The number of aliphatic carboxylic acids is 1. The smallest absolute Gasteiger partial charge is 0.313 e. The summed E-state index contributed by atoms with van der Waals surface area (Å²) in [5.74, 6) is -0.422. The Labute approximate surface area is 105 Å². The molecule has 0 aliphatic carbocycles. The van der Waals surface area contributed by atoms with E-state index in [0.29, 0.717) is 10.9 Å². The van der Waals surface area contributed by atoms with Gasteiger partial charge in [0.1, 0.15) is 0 Å². The molecular formula is C8H14N4O3S2. The summed E-state index contributed by atoms with van der Waals surface area (Å²) in [6.45, 7) is 1.84. The van der Waals surface area contributed by atoms with Crippen molar-refractivity contribution in [1.29, 1.82) is 0 Å². The third-order valence-corrected chi connectivity index (χ3v) is 3.81. The number of aromatic nitrogens is 3. The van der Waals surface area contributed by atoms with Crippen LogP contribution in [0.1, 0.15) is 13.0 Å². The maximum absolute atomic E-state index is 11.2. The van der Waals surface area contributed by atoms with Gasteiger partial charge in [-0.1, -0.05) is 11.8 Å². The van der Waals surface area contributed by atoms with Crippen LogP contribution in [0.3, 0.4) is 0 Å². The number of nitrogens with two attached hydrogens (primary N) is 1. The number of anilines is 1. The molecule has 2 atom stereocenters. The zero-order valence-electron chi connectivity index (χ0n) is 9.49. The summed E-state index contributed by atoms with van der Waals surface area (Å²) in [4.78, 5) is 10.5. The maximum atomic E-state index is 11.2. The highest BCUT2D eigenvalue weighted by Crippen LogP contribution is 2.23. The number of hydrogen-bond donors (Lipinski definition) is 2. The summed E-state index contributed by atoms with van der Waals surface area (Å²) in [7, 11) is -0.967. The lowest BCUT2D eigenvalue weighted by molar-refractivity contribution is -0.133. The Morgan fingerprint density at radius 3 is 2.82 bits per heavy atom. The van der Waals surface area contributed by atoms with E-state index < -0.39 is 16.8 Å². The standard InChI is InChI=1S/C8H14N4O3S2/c1-5(4-17(2)15)12-7(9)10-11-8(12)16-3-6(13)14/h5H,3-4H2,1-2H3,(H2,9,10)(H,13,14). The summed E-state index contributed by atoms with van der Waals surface area (Å²) in [5, 5.41) is 16.5. The molecule has 0 spiro atoms. The largest absolute Gasteiger partial charge is 0.481 e. The van der Waals surface area contributed by atoms with Gasteiger partial charge in [0, 0.05) is 28.9 Å². The number of nitrogen functional groups attached to an aromatic ring is 1. The fourth-order valence-electron chi connectivity index (χ4n) is 1.34. The van der Waals surface area contributed by atoms with Crippen molar-refractivity contribution in [3.05, 3.63) is 0 Å². The van der Waals surface area contributed by atoms with Crippen LogP contribution in [0.2, 0.25) is 0 Å². The van der Waals surface area contributed by atoms with Crippen LogP contribution >= 0.6 is 11.8 Å². The van der Waals surface area contributed by atoms with Crippen LogP contribution in [0.4, 0.5) is 5.95 Å². The lowest BCUT2D eigenvalue weighted by Gasteiger charge is -2.14. The van der Waals surface area contributed by atoms with E-state index in [2.05, 4.69) is 10.2 Å². The van der Waals surface area contributed by atoms with Gasteiger partial charge in [0.15, 0.2) is 5.16 Å². The normalized spacial score (nSPS) is 14.5. The molecule has 0 fully saturated rings. The van der Waals surface area contributed by atoms with Gasteiger partial charge < -0.3 is 10.8 Å². The van der Waals surface area contributed by atoms with Crippen molar-refractivity contribution in [2.75, 3.05) is 23.5 Å². The van der Waals surface area contributed by atoms with Crippen molar-refractivity contribution in [3.63, 3.8) is 0 Å². The number of hydrogen-bond acceptors (Lipinski definition) is 6. The van der Waals surface area contributed by atoms with Gasteiger partial charge in [-0.05, 0) is 6.92 Å².